The Hall–Kier alpha value is -4.93. The fraction of sp³-hybridized carbons (Fsp3) is 0.238. The molecule has 8 nitrogen and oxygen atoms in total. The summed E-state index contributed by atoms with van der Waals surface area (Å²) in [4.78, 5) is 30.7. The quantitative estimate of drug-likeness (QED) is 0.122. The zero-order chi connectivity index (χ0) is 36.3. The van der Waals surface area contributed by atoms with E-state index in [1.54, 1.807) is 42.5 Å². The molecular weight excluding hydrogens is 738 g/mol. The van der Waals surface area contributed by atoms with Crippen LogP contribution in [-0.4, -0.2) is 43.8 Å². The highest BCUT2D eigenvalue weighted by Gasteiger charge is 2.35. The first-order valence-electron chi connectivity index (χ1n) is 17.6. The number of carbonyl (C=O) groups is 2. The molecule has 1 aliphatic rings. The molecule has 268 valence electrons. The summed E-state index contributed by atoms with van der Waals surface area (Å²) in [5.74, 6) is 0.393. The van der Waals surface area contributed by atoms with Crippen molar-refractivity contribution in [1.82, 2.24) is 10.2 Å². The van der Waals surface area contributed by atoms with Crippen LogP contribution in [0.1, 0.15) is 43.2 Å². The van der Waals surface area contributed by atoms with Crippen LogP contribution in [0.3, 0.4) is 0 Å². The van der Waals surface area contributed by atoms with Gasteiger partial charge in [0.25, 0.3) is 10.0 Å². The zero-order valence-electron chi connectivity index (χ0n) is 28.8. The number of hydrogen-bond acceptors (Lipinski definition) is 5. The molecule has 2 amide bonds. The molecule has 1 saturated carbocycles. The standard InChI is InChI=1S/C42H42BrN3O5S/c43-34-23-21-33(22-24-34)30-45(40(29-32-13-5-1-6-14-32)42(48)44-35-15-7-2-8-16-35)41(47)31-46(52(49,50)39-19-11-4-12-20-39)36-25-27-38(28-26-36)51-37-17-9-3-10-18-37/h1,3-6,9-14,17-28,35,40H,2,7-8,15-16,29-31H2,(H,44,48)/t40-/m0/s1. The van der Waals surface area contributed by atoms with E-state index in [-0.39, 0.29) is 35.5 Å². The van der Waals surface area contributed by atoms with Crippen molar-refractivity contribution in [3.8, 4) is 11.5 Å². The van der Waals surface area contributed by atoms with Crippen molar-refractivity contribution in [2.45, 2.75) is 62.0 Å². The largest absolute Gasteiger partial charge is 0.457 e. The molecule has 0 radical (unpaired) electrons. The summed E-state index contributed by atoms with van der Waals surface area (Å²) < 4.78 is 36.7. The molecule has 1 fully saturated rings. The zero-order valence-corrected chi connectivity index (χ0v) is 31.2. The van der Waals surface area contributed by atoms with Gasteiger partial charge in [-0.15, -0.1) is 0 Å². The molecule has 0 aromatic heterocycles. The number of sulfonamides is 1. The van der Waals surface area contributed by atoms with Gasteiger partial charge in [0.1, 0.15) is 24.1 Å². The van der Waals surface area contributed by atoms with Crippen molar-refractivity contribution < 1.29 is 22.7 Å². The van der Waals surface area contributed by atoms with Gasteiger partial charge in [-0.2, -0.15) is 0 Å². The van der Waals surface area contributed by atoms with E-state index >= 15 is 0 Å². The van der Waals surface area contributed by atoms with Crippen LogP contribution in [0.25, 0.3) is 0 Å². The summed E-state index contributed by atoms with van der Waals surface area (Å²) >= 11 is 3.49. The number of rotatable bonds is 14. The number of benzene rings is 5. The van der Waals surface area contributed by atoms with Gasteiger partial charge < -0.3 is 15.0 Å². The van der Waals surface area contributed by atoms with E-state index in [1.807, 2.05) is 84.9 Å². The molecule has 0 heterocycles. The minimum Gasteiger partial charge on any atom is -0.457 e. The normalized spacial score (nSPS) is 13.9. The minimum absolute atomic E-state index is 0.0238. The average molecular weight is 781 g/mol. The lowest BCUT2D eigenvalue weighted by molar-refractivity contribution is -0.140. The second-order valence-electron chi connectivity index (χ2n) is 12.9. The lowest BCUT2D eigenvalue weighted by Gasteiger charge is -2.35. The Morgan fingerprint density at radius 1 is 0.712 bits per heavy atom. The third kappa shape index (κ3) is 9.68. The molecular formula is C42H42BrN3O5S. The number of nitrogens with zero attached hydrogens (tertiary/aromatic N) is 2. The van der Waals surface area contributed by atoms with E-state index in [0.29, 0.717) is 11.5 Å². The molecule has 0 saturated heterocycles. The van der Waals surface area contributed by atoms with Crippen LogP contribution < -0.4 is 14.4 Å². The van der Waals surface area contributed by atoms with Gasteiger partial charge in [-0.05, 0) is 84.6 Å². The third-order valence-electron chi connectivity index (χ3n) is 9.20. The Balaban J connectivity index is 1.37. The van der Waals surface area contributed by atoms with Crippen LogP contribution in [0.5, 0.6) is 11.5 Å². The predicted molar refractivity (Wildman–Crippen MR) is 208 cm³/mol. The molecule has 1 aliphatic carbocycles. The Bertz CT molecular complexity index is 2010. The minimum atomic E-state index is -4.22. The summed E-state index contributed by atoms with van der Waals surface area (Å²) in [7, 11) is -4.22. The topological polar surface area (TPSA) is 96.0 Å². The molecule has 0 unspecified atom stereocenters. The molecule has 5 aromatic rings. The highest BCUT2D eigenvalue weighted by molar-refractivity contribution is 9.10. The summed E-state index contributed by atoms with van der Waals surface area (Å²) in [6.07, 6.45) is 5.25. The van der Waals surface area contributed by atoms with Gasteiger partial charge in [-0.25, -0.2) is 8.42 Å². The third-order valence-corrected chi connectivity index (χ3v) is 11.5. The fourth-order valence-corrected chi connectivity index (χ4v) is 8.14. The first kappa shape index (κ1) is 36.8. The number of para-hydroxylation sites is 1. The van der Waals surface area contributed by atoms with Gasteiger partial charge in [0, 0.05) is 23.5 Å². The second kappa shape index (κ2) is 17.5. The SMILES string of the molecule is O=C(NC1CCCCC1)[C@H](Cc1ccccc1)N(Cc1ccc(Br)cc1)C(=O)CN(c1ccc(Oc2ccccc2)cc1)S(=O)(=O)c1ccccc1. The van der Waals surface area contributed by atoms with E-state index < -0.39 is 28.5 Å². The number of amides is 2. The van der Waals surface area contributed by atoms with Crippen LogP contribution in [0.4, 0.5) is 5.69 Å². The van der Waals surface area contributed by atoms with Crippen molar-refractivity contribution in [1.29, 1.82) is 0 Å². The molecule has 0 bridgehead atoms. The Labute approximate surface area is 314 Å². The van der Waals surface area contributed by atoms with Crippen molar-refractivity contribution >= 4 is 43.5 Å². The van der Waals surface area contributed by atoms with Crippen molar-refractivity contribution in [3.63, 3.8) is 0 Å². The first-order valence-corrected chi connectivity index (χ1v) is 19.8. The van der Waals surface area contributed by atoms with E-state index in [1.165, 1.54) is 17.0 Å². The maximum absolute atomic E-state index is 14.8. The summed E-state index contributed by atoms with van der Waals surface area (Å²) in [5.41, 5.74) is 1.98. The van der Waals surface area contributed by atoms with Gasteiger partial charge in [-0.3, -0.25) is 13.9 Å². The van der Waals surface area contributed by atoms with Crippen LogP contribution in [0, 0.1) is 0 Å². The molecule has 6 rings (SSSR count). The maximum Gasteiger partial charge on any atom is 0.264 e. The Morgan fingerprint density at radius 2 is 1.29 bits per heavy atom. The molecule has 5 aromatic carbocycles. The summed E-state index contributed by atoms with van der Waals surface area (Å²) in [6.45, 7) is -0.431. The van der Waals surface area contributed by atoms with Gasteiger partial charge in [0.15, 0.2) is 0 Å². The number of carbonyl (C=O) groups excluding carboxylic acids is 2. The van der Waals surface area contributed by atoms with Crippen molar-refractivity contribution in [2.24, 2.45) is 0 Å². The monoisotopic (exact) mass is 779 g/mol. The first-order chi connectivity index (χ1) is 25.3. The molecule has 1 N–H and O–H groups in total. The smallest absolute Gasteiger partial charge is 0.264 e. The highest BCUT2D eigenvalue weighted by Crippen LogP contribution is 2.29. The highest BCUT2D eigenvalue weighted by atomic mass is 79.9. The summed E-state index contributed by atoms with van der Waals surface area (Å²) in [6, 6.07) is 40.2. The van der Waals surface area contributed by atoms with E-state index in [2.05, 4.69) is 21.2 Å². The summed E-state index contributed by atoms with van der Waals surface area (Å²) in [5, 5.41) is 3.25. The lowest BCUT2D eigenvalue weighted by Crippen LogP contribution is -2.55. The molecule has 1 atom stereocenters. The van der Waals surface area contributed by atoms with E-state index in [4.69, 9.17) is 4.74 Å². The van der Waals surface area contributed by atoms with Crippen molar-refractivity contribution in [3.05, 3.63) is 155 Å². The number of anilines is 1. The van der Waals surface area contributed by atoms with Crippen LogP contribution in [-0.2, 0) is 32.6 Å². The maximum atomic E-state index is 14.8. The van der Waals surface area contributed by atoms with Gasteiger partial charge in [0.2, 0.25) is 11.8 Å². The van der Waals surface area contributed by atoms with E-state index in [0.717, 1.165) is 52.0 Å². The number of nitrogens with one attached hydrogen (secondary N) is 1. The van der Waals surface area contributed by atoms with Crippen LogP contribution in [0.15, 0.2) is 149 Å². The Kier molecular flexibility index (Phi) is 12.4. The van der Waals surface area contributed by atoms with Gasteiger partial charge in [0.05, 0.1) is 10.6 Å². The van der Waals surface area contributed by atoms with Gasteiger partial charge in [-0.1, -0.05) is 114 Å². The Morgan fingerprint density at radius 3 is 1.92 bits per heavy atom. The number of ether oxygens (including phenoxy) is 1. The van der Waals surface area contributed by atoms with E-state index in [9.17, 15) is 18.0 Å². The fourth-order valence-electron chi connectivity index (χ4n) is 6.44. The average Bonchev–Trinajstić information content (AvgIpc) is 3.18. The van der Waals surface area contributed by atoms with Gasteiger partial charge >= 0.3 is 0 Å². The lowest BCUT2D eigenvalue weighted by atomic mass is 9.94. The van der Waals surface area contributed by atoms with Crippen LogP contribution >= 0.6 is 15.9 Å². The van der Waals surface area contributed by atoms with Crippen molar-refractivity contribution in [2.75, 3.05) is 10.8 Å². The molecule has 10 heteroatoms. The molecule has 0 aliphatic heterocycles. The van der Waals surface area contributed by atoms with Crippen LogP contribution in [0.2, 0.25) is 0 Å². The number of hydrogen-bond donors (Lipinski definition) is 1. The molecule has 0 spiro atoms. The predicted octanol–water partition coefficient (Wildman–Crippen LogP) is 8.53. The molecule has 52 heavy (non-hydrogen) atoms. The second-order valence-corrected chi connectivity index (χ2v) is 15.7. The number of halogens is 1.